The third-order valence-corrected chi connectivity index (χ3v) is 4.16. The van der Waals surface area contributed by atoms with E-state index in [-0.39, 0.29) is 17.9 Å². The zero-order chi connectivity index (χ0) is 18.8. The van der Waals surface area contributed by atoms with Gasteiger partial charge in [0.25, 0.3) is 5.91 Å². The van der Waals surface area contributed by atoms with Crippen molar-refractivity contribution in [3.8, 4) is 5.75 Å². The molecule has 0 aliphatic rings. The van der Waals surface area contributed by atoms with Crippen LogP contribution in [-0.2, 0) is 4.79 Å². The summed E-state index contributed by atoms with van der Waals surface area (Å²) in [4.78, 5) is 24.1. The average Bonchev–Trinajstić information content (AvgIpc) is 2.70. The molecule has 0 aromatic heterocycles. The SMILES string of the molecule is CC[C@H](NC(=O)CCCNC(=O)c1ccccc1)c1ccc(OC)cc1. The van der Waals surface area contributed by atoms with E-state index in [0.29, 0.717) is 24.9 Å². The van der Waals surface area contributed by atoms with Crippen LogP contribution in [0.15, 0.2) is 54.6 Å². The lowest BCUT2D eigenvalue weighted by Gasteiger charge is -2.18. The first-order valence-corrected chi connectivity index (χ1v) is 8.90. The fourth-order valence-corrected chi connectivity index (χ4v) is 2.67. The quantitative estimate of drug-likeness (QED) is 0.678. The zero-order valence-corrected chi connectivity index (χ0v) is 15.3. The summed E-state index contributed by atoms with van der Waals surface area (Å²) in [5.41, 5.74) is 1.68. The van der Waals surface area contributed by atoms with Gasteiger partial charge in [0, 0.05) is 18.5 Å². The second-order valence-corrected chi connectivity index (χ2v) is 6.03. The molecule has 0 radical (unpaired) electrons. The van der Waals surface area contributed by atoms with Gasteiger partial charge in [-0.25, -0.2) is 0 Å². The molecule has 0 aliphatic heterocycles. The van der Waals surface area contributed by atoms with Crippen LogP contribution in [0.3, 0.4) is 0 Å². The summed E-state index contributed by atoms with van der Waals surface area (Å²) in [6.45, 7) is 2.51. The van der Waals surface area contributed by atoms with Crippen molar-refractivity contribution in [2.75, 3.05) is 13.7 Å². The molecule has 138 valence electrons. The molecule has 2 rings (SSSR count). The van der Waals surface area contributed by atoms with Crippen molar-refractivity contribution in [3.05, 3.63) is 65.7 Å². The lowest BCUT2D eigenvalue weighted by atomic mass is 10.0. The van der Waals surface area contributed by atoms with Gasteiger partial charge in [-0.05, 0) is 42.7 Å². The summed E-state index contributed by atoms with van der Waals surface area (Å²) in [6, 6.07) is 16.7. The van der Waals surface area contributed by atoms with Gasteiger partial charge in [-0.1, -0.05) is 37.3 Å². The van der Waals surface area contributed by atoms with Crippen molar-refractivity contribution < 1.29 is 14.3 Å². The van der Waals surface area contributed by atoms with E-state index in [1.54, 1.807) is 19.2 Å². The number of methoxy groups -OCH3 is 1. The molecule has 2 aromatic rings. The number of ether oxygens (including phenoxy) is 1. The van der Waals surface area contributed by atoms with Crippen LogP contribution in [0.25, 0.3) is 0 Å². The van der Waals surface area contributed by atoms with E-state index in [0.717, 1.165) is 17.7 Å². The van der Waals surface area contributed by atoms with E-state index in [2.05, 4.69) is 10.6 Å². The predicted molar refractivity (Wildman–Crippen MR) is 102 cm³/mol. The second-order valence-electron chi connectivity index (χ2n) is 6.03. The molecule has 2 amide bonds. The number of nitrogens with one attached hydrogen (secondary N) is 2. The van der Waals surface area contributed by atoms with Crippen LogP contribution in [0, 0.1) is 0 Å². The predicted octanol–water partition coefficient (Wildman–Crippen LogP) is 3.47. The van der Waals surface area contributed by atoms with Gasteiger partial charge in [0.2, 0.25) is 5.91 Å². The Morgan fingerprint density at radius 3 is 2.35 bits per heavy atom. The molecule has 0 fully saturated rings. The lowest BCUT2D eigenvalue weighted by Crippen LogP contribution is -2.30. The van der Waals surface area contributed by atoms with Crippen LogP contribution in [0.5, 0.6) is 5.75 Å². The highest BCUT2D eigenvalue weighted by Gasteiger charge is 2.13. The number of benzene rings is 2. The van der Waals surface area contributed by atoms with E-state index < -0.39 is 0 Å². The number of carbonyl (C=O) groups is 2. The van der Waals surface area contributed by atoms with Gasteiger partial charge in [0.1, 0.15) is 5.75 Å². The Morgan fingerprint density at radius 1 is 1.04 bits per heavy atom. The Bertz CT molecular complexity index is 699. The van der Waals surface area contributed by atoms with Gasteiger partial charge in [0.15, 0.2) is 0 Å². The summed E-state index contributed by atoms with van der Waals surface area (Å²) < 4.78 is 5.16. The van der Waals surface area contributed by atoms with E-state index >= 15 is 0 Å². The number of hydrogen-bond donors (Lipinski definition) is 2. The van der Waals surface area contributed by atoms with Gasteiger partial charge in [-0.2, -0.15) is 0 Å². The monoisotopic (exact) mass is 354 g/mol. The molecule has 5 nitrogen and oxygen atoms in total. The third kappa shape index (κ3) is 5.92. The fraction of sp³-hybridized carbons (Fsp3) is 0.333. The number of carbonyl (C=O) groups excluding carboxylic acids is 2. The lowest BCUT2D eigenvalue weighted by molar-refractivity contribution is -0.122. The molecule has 2 N–H and O–H groups in total. The highest BCUT2D eigenvalue weighted by molar-refractivity contribution is 5.94. The molecule has 0 bridgehead atoms. The van der Waals surface area contributed by atoms with Crippen molar-refractivity contribution >= 4 is 11.8 Å². The van der Waals surface area contributed by atoms with Crippen LogP contribution in [-0.4, -0.2) is 25.5 Å². The minimum atomic E-state index is -0.115. The van der Waals surface area contributed by atoms with Crippen molar-refractivity contribution in [1.82, 2.24) is 10.6 Å². The maximum absolute atomic E-state index is 12.2. The zero-order valence-electron chi connectivity index (χ0n) is 15.3. The Hall–Kier alpha value is -2.82. The normalized spacial score (nSPS) is 11.5. The minimum absolute atomic E-state index is 0.0124. The van der Waals surface area contributed by atoms with Crippen LogP contribution in [0.1, 0.15) is 48.1 Å². The number of hydrogen-bond acceptors (Lipinski definition) is 3. The topological polar surface area (TPSA) is 67.4 Å². The highest BCUT2D eigenvalue weighted by Crippen LogP contribution is 2.20. The summed E-state index contributed by atoms with van der Waals surface area (Å²) in [6.07, 6.45) is 1.79. The largest absolute Gasteiger partial charge is 0.497 e. The van der Waals surface area contributed by atoms with Gasteiger partial charge in [-0.3, -0.25) is 9.59 Å². The van der Waals surface area contributed by atoms with E-state index in [1.807, 2.05) is 49.4 Å². The average molecular weight is 354 g/mol. The van der Waals surface area contributed by atoms with Gasteiger partial charge >= 0.3 is 0 Å². The standard InChI is InChI=1S/C21H26N2O3/c1-3-19(16-11-13-18(26-2)14-12-16)23-20(24)10-7-15-22-21(25)17-8-5-4-6-9-17/h4-6,8-9,11-14,19H,3,7,10,15H2,1-2H3,(H,22,25)(H,23,24)/t19-/m0/s1. The van der Waals surface area contributed by atoms with Crippen LogP contribution in [0.2, 0.25) is 0 Å². The third-order valence-electron chi connectivity index (χ3n) is 4.16. The first-order chi connectivity index (χ1) is 12.6. The van der Waals surface area contributed by atoms with Crippen LogP contribution in [0.4, 0.5) is 0 Å². The van der Waals surface area contributed by atoms with E-state index in [1.165, 1.54) is 0 Å². The highest BCUT2D eigenvalue weighted by atomic mass is 16.5. The molecule has 0 heterocycles. The Labute approximate surface area is 154 Å². The maximum Gasteiger partial charge on any atom is 0.251 e. The van der Waals surface area contributed by atoms with Crippen molar-refractivity contribution in [1.29, 1.82) is 0 Å². The Balaban J connectivity index is 1.73. The first kappa shape index (κ1) is 19.5. The Kier molecular flexibility index (Phi) is 7.68. The molecule has 0 unspecified atom stereocenters. The number of amides is 2. The van der Waals surface area contributed by atoms with Crippen molar-refractivity contribution in [2.45, 2.75) is 32.2 Å². The molecule has 5 heteroatoms. The minimum Gasteiger partial charge on any atom is -0.497 e. The molecule has 0 spiro atoms. The van der Waals surface area contributed by atoms with Crippen molar-refractivity contribution in [3.63, 3.8) is 0 Å². The summed E-state index contributed by atoms with van der Waals surface area (Å²) in [7, 11) is 1.63. The molecule has 0 saturated carbocycles. The molecule has 26 heavy (non-hydrogen) atoms. The van der Waals surface area contributed by atoms with Gasteiger partial charge in [-0.15, -0.1) is 0 Å². The van der Waals surface area contributed by atoms with Crippen LogP contribution >= 0.6 is 0 Å². The summed E-state index contributed by atoms with van der Waals surface area (Å²) >= 11 is 0. The van der Waals surface area contributed by atoms with Gasteiger partial charge < -0.3 is 15.4 Å². The van der Waals surface area contributed by atoms with E-state index in [9.17, 15) is 9.59 Å². The fourth-order valence-electron chi connectivity index (χ4n) is 2.67. The van der Waals surface area contributed by atoms with E-state index in [4.69, 9.17) is 4.74 Å². The second kappa shape index (κ2) is 10.2. The molecule has 2 aromatic carbocycles. The summed E-state index contributed by atoms with van der Waals surface area (Å²) in [5.74, 6) is 0.668. The smallest absolute Gasteiger partial charge is 0.251 e. The molecule has 1 atom stereocenters. The molecule has 0 saturated heterocycles. The maximum atomic E-state index is 12.2. The Morgan fingerprint density at radius 2 is 1.73 bits per heavy atom. The van der Waals surface area contributed by atoms with Crippen molar-refractivity contribution in [2.24, 2.45) is 0 Å². The van der Waals surface area contributed by atoms with Gasteiger partial charge in [0.05, 0.1) is 13.2 Å². The number of rotatable bonds is 9. The molecular formula is C21H26N2O3. The molecular weight excluding hydrogens is 328 g/mol. The molecule has 0 aliphatic carbocycles. The summed E-state index contributed by atoms with van der Waals surface area (Å²) in [5, 5.41) is 5.88. The first-order valence-electron chi connectivity index (χ1n) is 8.90. The van der Waals surface area contributed by atoms with Crippen LogP contribution < -0.4 is 15.4 Å².